The zero-order chi connectivity index (χ0) is 9.14. The summed E-state index contributed by atoms with van der Waals surface area (Å²) in [4.78, 5) is 10.4. The van der Waals surface area contributed by atoms with Crippen LogP contribution in [0.1, 0.15) is 0 Å². The van der Waals surface area contributed by atoms with Crippen LogP contribution in [0.4, 0.5) is 4.79 Å². The largest absolute Gasteiger partial charge is 0.413 e. The molecule has 0 aliphatic carbocycles. The third-order valence-corrected chi connectivity index (χ3v) is 2.27. The fourth-order valence-electron chi connectivity index (χ4n) is 0.644. The molecule has 0 spiro atoms. The van der Waals surface area contributed by atoms with Crippen LogP contribution in [-0.4, -0.2) is 5.43 Å². The third-order valence-electron chi connectivity index (χ3n) is 1.08. The van der Waals surface area contributed by atoms with Crippen LogP contribution in [-0.2, 0) is 0 Å². The van der Waals surface area contributed by atoms with Crippen LogP contribution in [0.2, 0.25) is 0 Å². The monoisotopic (exact) mass is 312 g/mol. The molecule has 1 rings (SSSR count). The highest BCUT2D eigenvalue weighted by Gasteiger charge is 2.04. The van der Waals surface area contributed by atoms with Crippen molar-refractivity contribution in [2.75, 3.05) is 0 Å². The number of hydrogen-bond acceptors (Lipinski definition) is 2. The molecule has 0 unspecified atom stereocenters. The number of benzene rings is 1. The molecule has 0 bridgehead atoms. The Morgan fingerprint density at radius 3 is 2.58 bits per heavy atom. The summed E-state index contributed by atoms with van der Waals surface area (Å²) in [6.45, 7) is 0. The third kappa shape index (κ3) is 2.77. The Morgan fingerprint density at radius 1 is 1.42 bits per heavy atom. The molecular weight excluding hydrogens is 311 g/mol. The van der Waals surface area contributed by atoms with Gasteiger partial charge in [0.05, 0.1) is 4.47 Å². The first-order chi connectivity index (χ1) is 5.59. The van der Waals surface area contributed by atoms with Crippen LogP contribution in [0.5, 0.6) is 5.75 Å². The molecule has 1 aromatic rings. The van der Waals surface area contributed by atoms with Crippen LogP contribution >= 0.6 is 43.5 Å². The standard InChI is InChI=1S/C7H3Br2ClO2/c8-4-1-2-6(5(9)3-4)12-7(10)11/h1-3H. The molecule has 0 aromatic heterocycles. The van der Waals surface area contributed by atoms with Crippen molar-refractivity contribution >= 4 is 48.9 Å². The molecule has 0 atom stereocenters. The Hall–Kier alpha value is -0.0600. The molecule has 0 N–H and O–H groups in total. The van der Waals surface area contributed by atoms with E-state index in [-0.39, 0.29) is 0 Å². The normalized spacial score (nSPS) is 9.58. The number of carbonyl (C=O) groups excluding carboxylic acids is 1. The summed E-state index contributed by atoms with van der Waals surface area (Å²) in [5, 5.41) is 0. The Bertz CT molecular complexity index is 314. The van der Waals surface area contributed by atoms with Crippen LogP contribution < -0.4 is 4.74 Å². The Labute approximate surface area is 91.1 Å². The van der Waals surface area contributed by atoms with E-state index in [2.05, 4.69) is 36.6 Å². The van der Waals surface area contributed by atoms with Gasteiger partial charge in [-0.05, 0) is 34.1 Å². The van der Waals surface area contributed by atoms with Crippen molar-refractivity contribution in [2.45, 2.75) is 0 Å². The highest BCUT2D eigenvalue weighted by atomic mass is 79.9. The number of hydrogen-bond donors (Lipinski definition) is 0. The fourth-order valence-corrected chi connectivity index (χ4v) is 1.86. The van der Waals surface area contributed by atoms with E-state index in [1.165, 1.54) is 0 Å². The molecule has 0 saturated carbocycles. The number of rotatable bonds is 1. The van der Waals surface area contributed by atoms with E-state index in [0.717, 1.165) is 4.47 Å². The highest BCUT2D eigenvalue weighted by Crippen LogP contribution is 2.28. The van der Waals surface area contributed by atoms with Gasteiger partial charge in [-0.1, -0.05) is 15.9 Å². The molecule has 0 fully saturated rings. The van der Waals surface area contributed by atoms with Gasteiger partial charge in [0.2, 0.25) is 0 Å². The van der Waals surface area contributed by atoms with Crippen LogP contribution in [0.25, 0.3) is 0 Å². The summed E-state index contributed by atoms with van der Waals surface area (Å²) < 4.78 is 6.22. The number of halogens is 3. The summed E-state index contributed by atoms with van der Waals surface area (Å²) in [5.74, 6) is 0.401. The Kier molecular flexibility index (Phi) is 3.55. The van der Waals surface area contributed by atoms with Crippen molar-refractivity contribution in [1.82, 2.24) is 0 Å². The van der Waals surface area contributed by atoms with Crippen molar-refractivity contribution < 1.29 is 9.53 Å². The van der Waals surface area contributed by atoms with Gasteiger partial charge in [0.1, 0.15) is 5.75 Å². The first-order valence-electron chi connectivity index (χ1n) is 2.92. The lowest BCUT2D eigenvalue weighted by atomic mass is 10.3. The van der Waals surface area contributed by atoms with Gasteiger partial charge in [-0.3, -0.25) is 0 Å². The topological polar surface area (TPSA) is 26.3 Å². The molecular formula is C7H3Br2ClO2. The first-order valence-corrected chi connectivity index (χ1v) is 4.88. The molecule has 2 nitrogen and oxygen atoms in total. The molecule has 0 aliphatic heterocycles. The molecule has 12 heavy (non-hydrogen) atoms. The second-order valence-corrected chi connectivity index (χ2v) is 3.99. The lowest BCUT2D eigenvalue weighted by Crippen LogP contribution is -1.96. The zero-order valence-corrected chi connectivity index (χ0v) is 9.61. The average molecular weight is 314 g/mol. The minimum atomic E-state index is -0.849. The van der Waals surface area contributed by atoms with E-state index in [0.29, 0.717) is 10.2 Å². The summed E-state index contributed by atoms with van der Waals surface area (Å²) in [6, 6.07) is 5.14. The lowest BCUT2D eigenvalue weighted by Gasteiger charge is -2.02. The van der Waals surface area contributed by atoms with E-state index in [1.807, 2.05) is 0 Å². The van der Waals surface area contributed by atoms with Crippen LogP contribution in [0.3, 0.4) is 0 Å². The van der Waals surface area contributed by atoms with Crippen molar-refractivity contribution in [3.05, 3.63) is 27.1 Å². The summed E-state index contributed by atoms with van der Waals surface area (Å²) in [6.07, 6.45) is 0. The molecule has 0 aliphatic rings. The van der Waals surface area contributed by atoms with Crippen LogP contribution in [0, 0.1) is 0 Å². The maximum Gasteiger partial charge on any atom is 0.409 e. The SMILES string of the molecule is O=C(Cl)Oc1ccc(Br)cc1Br. The Morgan fingerprint density at radius 2 is 2.08 bits per heavy atom. The maximum absolute atomic E-state index is 10.4. The predicted octanol–water partition coefficient (Wildman–Crippen LogP) is 3.95. The molecule has 5 heteroatoms. The van der Waals surface area contributed by atoms with Crippen LogP contribution in [0.15, 0.2) is 27.1 Å². The fraction of sp³-hybridized carbons (Fsp3) is 0. The van der Waals surface area contributed by atoms with Crippen molar-refractivity contribution in [1.29, 1.82) is 0 Å². The van der Waals surface area contributed by atoms with Gasteiger partial charge in [0, 0.05) is 16.1 Å². The van der Waals surface area contributed by atoms with Gasteiger partial charge in [-0.2, -0.15) is 0 Å². The van der Waals surface area contributed by atoms with E-state index in [4.69, 9.17) is 11.6 Å². The summed E-state index contributed by atoms with van der Waals surface area (Å²) in [5.41, 5.74) is -0.849. The van der Waals surface area contributed by atoms with E-state index < -0.39 is 5.43 Å². The smallest absolute Gasteiger partial charge is 0.409 e. The zero-order valence-electron chi connectivity index (χ0n) is 5.68. The van der Waals surface area contributed by atoms with Gasteiger partial charge >= 0.3 is 5.43 Å². The van der Waals surface area contributed by atoms with Gasteiger partial charge in [-0.25, -0.2) is 4.79 Å². The summed E-state index contributed by atoms with van der Waals surface area (Å²) >= 11 is 11.5. The molecule has 0 saturated heterocycles. The number of carbonyl (C=O) groups is 1. The quantitative estimate of drug-likeness (QED) is 0.734. The second kappa shape index (κ2) is 4.25. The van der Waals surface area contributed by atoms with E-state index >= 15 is 0 Å². The lowest BCUT2D eigenvalue weighted by molar-refractivity contribution is 0.225. The maximum atomic E-state index is 10.4. The van der Waals surface area contributed by atoms with E-state index in [1.54, 1.807) is 18.2 Å². The van der Waals surface area contributed by atoms with Gasteiger partial charge in [0.15, 0.2) is 0 Å². The highest BCUT2D eigenvalue weighted by molar-refractivity contribution is 9.11. The van der Waals surface area contributed by atoms with E-state index in [9.17, 15) is 4.79 Å². The molecule has 0 amide bonds. The van der Waals surface area contributed by atoms with Crippen molar-refractivity contribution in [2.24, 2.45) is 0 Å². The van der Waals surface area contributed by atoms with Gasteiger partial charge < -0.3 is 4.74 Å². The molecule has 0 heterocycles. The predicted molar refractivity (Wildman–Crippen MR) is 53.7 cm³/mol. The summed E-state index contributed by atoms with van der Waals surface area (Å²) in [7, 11) is 0. The molecule has 64 valence electrons. The molecule has 1 aromatic carbocycles. The van der Waals surface area contributed by atoms with Crippen molar-refractivity contribution in [3.8, 4) is 5.75 Å². The Balaban J connectivity index is 2.93. The minimum Gasteiger partial charge on any atom is -0.413 e. The number of ether oxygens (including phenoxy) is 1. The van der Waals surface area contributed by atoms with Crippen molar-refractivity contribution in [3.63, 3.8) is 0 Å². The van der Waals surface area contributed by atoms with Gasteiger partial charge in [-0.15, -0.1) is 0 Å². The minimum absolute atomic E-state index is 0.401. The average Bonchev–Trinajstić information content (AvgIpc) is 1.94. The van der Waals surface area contributed by atoms with Gasteiger partial charge in [0.25, 0.3) is 0 Å². The second-order valence-electron chi connectivity index (χ2n) is 1.91. The molecule has 0 radical (unpaired) electrons. The first kappa shape index (κ1) is 10.0.